The minimum absolute atomic E-state index is 0.456. The Morgan fingerprint density at radius 3 is 2.75 bits per heavy atom. The molecule has 2 N–H and O–H groups in total. The van der Waals surface area contributed by atoms with Gasteiger partial charge in [-0.3, -0.25) is 4.68 Å². The number of aromatic nitrogens is 2. The fourth-order valence-electron chi connectivity index (χ4n) is 1.70. The molecule has 1 heterocycles. The Labute approximate surface area is 119 Å². The summed E-state index contributed by atoms with van der Waals surface area (Å²) >= 11 is 1.47. The topological polar surface area (TPSA) is 43.8 Å². The molecule has 0 aliphatic rings. The number of hydrogen-bond donors (Lipinski definition) is 1. The number of halogens is 3. The number of alkyl halides is 3. The zero-order valence-corrected chi connectivity index (χ0v) is 11.6. The molecule has 7 heteroatoms. The molecule has 2 aromatic rings. The molecule has 0 spiro atoms. The molecule has 108 valence electrons. The second-order valence-corrected chi connectivity index (χ2v) is 5.48. The van der Waals surface area contributed by atoms with Crippen molar-refractivity contribution < 1.29 is 13.2 Å². The van der Waals surface area contributed by atoms with Crippen molar-refractivity contribution in [2.45, 2.75) is 17.1 Å². The van der Waals surface area contributed by atoms with Crippen molar-refractivity contribution in [3.8, 4) is 0 Å². The average Bonchev–Trinajstić information content (AvgIpc) is 2.81. The second-order valence-electron chi connectivity index (χ2n) is 4.39. The van der Waals surface area contributed by atoms with E-state index in [0.717, 1.165) is 17.0 Å². The molecular formula is C13H14F3N3S. The molecule has 0 aliphatic heterocycles. The summed E-state index contributed by atoms with van der Waals surface area (Å²) < 4.78 is 39.5. The molecule has 2 rings (SSSR count). The van der Waals surface area contributed by atoms with Crippen LogP contribution in [0.25, 0.3) is 0 Å². The molecule has 1 aromatic carbocycles. The van der Waals surface area contributed by atoms with Crippen LogP contribution < -0.4 is 5.73 Å². The average molecular weight is 301 g/mol. The first kappa shape index (κ1) is 14.9. The zero-order valence-electron chi connectivity index (χ0n) is 10.8. The van der Waals surface area contributed by atoms with Crippen LogP contribution in [0.15, 0.2) is 41.6 Å². The second kappa shape index (κ2) is 5.88. The van der Waals surface area contributed by atoms with Crippen LogP contribution in [0, 0.1) is 0 Å². The highest BCUT2D eigenvalue weighted by Gasteiger charge is 2.30. The van der Waals surface area contributed by atoms with Gasteiger partial charge in [0.1, 0.15) is 0 Å². The summed E-state index contributed by atoms with van der Waals surface area (Å²) in [5, 5.41) is 4.02. The third kappa shape index (κ3) is 3.77. The molecule has 0 saturated carbocycles. The van der Waals surface area contributed by atoms with Gasteiger partial charge < -0.3 is 5.73 Å². The van der Waals surface area contributed by atoms with Gasteiger partial charge in [-0.05, 0) is 17.7 Å². The lowest BCUT2D eigenvalue weighted by Crippen LogP contribution is -2.14. The Bertz CT molecular complexity index is 580. The van der Waals surface area contributed by atoms with Crippen LogP contribution in [0.3, 0.4) is 0 Å². The normalized spacial score (nSPS) is 13.4. The maximum atomic E-state index is 12.6. The number of hydrogen-bond acceptors (Lipinski definition) is 3. The highest BCUT2D eigenvalue weighted by molar-refractivity contribution is 7.99. The SMILES string of the molecule is Cn1cc(SCC(N)c2cccc(C(F)(F)F)c2)cn1. The van der Waals surface area contributed by atoms with E-state index in [9.17, 15) is 13.2 Å². The molecule has 0 radical (unpaired) electrons. The van der Waals surface area contributed by atoms with Gasteiger partial charge in [-0.15, -0.1) is 11.8 Å². The predicted molar refractivity (Wildman–Crippen MR) is 72.3 cm³/mol. The monoisotopic (exact) mass is 301 g/mol. The van der Waals surface area contributed by atoms with Crippen molar-refractivity contribution in [1.29, 1.82) is 0 Å². The van der Waals surface area contributed by atoms with E-state index in [1.54, 1.807) is 24.0 Å². The molecule has 1 unspecified atom stereocenters. The van der Waals surface area contributed by atoms with Gasteiger partial charge in [0.05, 0.1) is 11.8 Å². The van der Waals surface area contributed by atoms with Gasteiger partial charge in [0.25, 0.3) is 0 Å². The third-order valence-electron chi connectivity index (χ3n) is 2.75. The summed E-state index contributed by atoms with van der Waals surface area (Å²) in [5.74, 6) is 0.493. The summed E-state index contributed by atoms with van der Waals surface area (Å²) in [6, 6.07) is 4.69. The quantitative estimate of drug-likeness (QED) is 0.882. The minimum Gasteiger partial charge on any atom is -0.323 e. The highest BCUT2D eigenvalue weighted by Crippen LogP contribution is 2.31. The van der Waals surface area contributed by atoms with Gasteiger partial charge >= 0.3 is 6.18 Å². The Balaban J connectivity index is 2.03. The lowest BCUT2D eigenvalue weighted by molar-refractivity contribution is -0.137. The molecule has 0 amide bonds. The Morgan fingerprint density at radius 1 is 1.40 bits per heavy atom. The van der Waals surface area contributed by atoms with Crippen LogP contribution in [0.4, 0.5) is 13.2 Å². The highest BCUT2D eigenvalue weighted by atomic mass is 32.2. The van der Waals surface area contributed by atoms with E-state index in [4.69, 9.17) is 5.73 Å². The van der Waals surface area contributed by atoms with E-state index >= 15 is 0 Å². The molecule has 0 saturated heterocycles. The number of rotatable bonds is 4. The van der Waals surface area contributed by atoms with E-state index < -0.39 is 17.8 Å². The first-order chi connectivity index (χ1) is 9.36. The lowest BCUT2D eigenvalue weighted by Gasteiger charge is -2.13. The van der Waals surface area contributed by atoms with Gasteiger partial charge in [-0.25, -0.2) is 0 Å². The van der Waals surface area contributed by atoms with E-state index in [1.165, 1.54) is 17.8 Å². The van der Waals surface area contributed by atoms with E-state index in [2.05, 4.69) is 5.10 Å². The van der Waals surface area contributed by atoms with Crippen molar-refractivity contribution in [1.82, 2.24) is 9.78 Å². The summed E-state index contributed by atoms with van der Waals surface area (Å²) in [5.41, 5.74) is 5.76. The number of benzene rings is 1. The van der Waals surface area contributed by atoms with Crippen LogP contribution in [-0.4, -0.2) is 15.5 Å². The Kier molecular flexibility index (Phi) is 4.39. The minimum atomic E-state index is -4.34. The summed E-state index contributed by atoms with van der Waals surface area (Å²) in [6.45, 7) is 0. The molecule has 3 nitrogen and oxygen atoms in total. The van der Waals surface area contributed by atoms with Crippen LogP contribution in [0.2, 0.25) is 0 Å². The van der Waals surface area contributed by atoms with E-state index in [-0.39, 0.29) is 0 Å². The zero-order chi connectivity index (χ0) is 14.8. The molecule has 1 aromatic heterocycles. The number of thioether (sulfide) groups is 1. The number of nitrogens with two attached hydrogens (primary N) is 1. The summed E-state index contributed by atoms with van der Waals surface area (Å²) in [6.07, 6.45) is -0.806. The van der Waals surface area contributed by atoms with Crippen molar-refractivity contribution in [2.24, 2.45) is 12.8 Å². The van der Waals surface area contributed by atoms with Crippen LogP contribution in [0.1, 0.15) is 17.2 Å². The van der Waals surface area contributed by atoms with Crippen LogP contribution in [-0.2, 0) is 13.2 Å². The molecular weight excluding hydrogens is 287 g/mol. The molecule has 20 heavy (non-hydrogen) atoms. The van der Waals surface area contributed by atoms with Crippen LogP contribution >= 0.6 is 11.8 Å². The van der Waals surface area contributed by atoms with E-state index in [1.807, 2.05) is 6.20 Å². The third-order valence-corrected chi connectivity index (χ3v) is 3.82. The molecule has 1 atom stereocenters. The molecule has 0 bridgehead atoms. The summed E-state index contributed by atoms with van der Waals surface area (Å²) in [7, 11) is 1.80. The van der Waals surface area contributed by atoms with E-state index in [0.29, 0.717) is 11.3 Å². The van der Waals surface area contributed by atoms with Gasteiger partial charge in [0.2, 0.25) is 0 Å². The van der Waals surface area contributed by atoms with Crippen molar-refractivity contribution in [3.05, 3.63) is 47.8 Å². The Hall–Kier alpha value is -1.47. The Morgan fingerprint density at radius 2 is 2.15 bits per heavy atom. The number of aryl methyl sites for hydroxylation is 1. The largest absolute Gasteiger partial charge is 0.416 e. The maximum Gasteiger partial charge on any atom is 0.416 e. The van der Waals surface area contributed by atoms with Gasteiger partial charge in [-0.1, -0.05) is 12.1 Å². The van der Waals surface area contributed by atoms with Crippen molar-refractivity contribution >= 4 is 11.8 Å². The fourth-order valence-corrected chi connectivity index (χ4v) is 2.61. The van der Waals surface area contributed by atoms with Crippen LogP contribution in [0.5, 0.6) is 0 Å². The predicted octanol–water partition coefficient (Wildman–Crippen LogP) is 3.23. The smallest absolute Gasteiger partial charge is 0.323 e. The first-order valence-electron chi connectivity index (χ1n) is 5.90. The van der Waals surface area contributed by atoms with Crippen molar-refractivity contribution in [2.75, 3.05) is 5.75 Å². The molecule has 0 fully saturated rings. The fraction of sp³-hybridized carbons (Fsp3) is 0.308. The summed E-state index contributed by atoms with van der Waals surface area (Å²) in [4.78, 5) is 0.940. The van der Waals surface area contributed by atoms with Crippen molar-refractivity contribution in [3.63, 3.8) is 0 Å². The van der Waals surface area contributed by atoms with Gasteiger partial charge in [0, 0.05) is 29.9 Å². The number of nitrogens with zero attached hydrogens (tertiary/aromatic N) is 2. The maximum absolute atomic E-state index is 12.6. The molecule has 0 aliphatic carbocycles. The standard InChI is InChI=1S/C13H14F3N3S/c1-19-7-11(6-18-19)20-8-12(17)9-3-2-4-10(5-9)13(14,15)16/h2-7,12H,8,17H2,1H3. The van der Waals surface area contributed by atoms with Gasteiger partial charge in [0.15, 0.2) is 0 Å². The van der Waals surface area contributed by atoms with Gasteiger partial charge in [-0.2, -0.15) is 18.3 Å². The first-order valence-corrected chi connectivity index (χ1v) is 6.89. The lowest BCUT2D eigenvalue weighted by atomic mass is 10.1.